The quantitative estimate of drug-likeness (QED) is 0.275. The summed E-state index contributed by atoms with van der Waals surface area (Å²) in [5.41, 5.74) is 4.52. The van der Waals surface area contributed by atoms with Crippen LogP contribution in [0.25, 0.3) is 17.0 Å². The zero-order chi connectivity index (χ0) is 23.9. The zero-order valence-electron chi connectivity index (χ0n) is 19.0. The maximum absolute atomic E-state index is 13.0. The number of para-hydroxylation sites is 1. The van der Waals surface area contributed by atoms with E-state index < -0.39 is 0 Å². The van der Waals surface area contributed by atoms with Crippen molar-refractivity contribution in [2.24, 2.45) is 0 Å². The second-order valence-corrected chi connectivity index (χ2v) is 9.35. The first-order valence-corrected chi connectivity index (χ1v) is 12.2. The van der Waals surface area contributed by atoms with E-state index in [-0.39, 0.29) is 12.6 Å². The van der Waals surface area contributed by atoms with Crippen molar-refractivity contribution in [3.05, 3.63) is 93.3 Å². The van der Waals surface area contributed by atoms with Gasteiger partial charge in [0.15, 0.2) is 12.6 Å². The van der Waals surface area contributed by atoms with Gasteiger partial charge in [-0.1, -0.05) is 34.1 Å². The summed E-state index contributed by atoms with van der Waals surface area (Å²) in [6.45, 7) is 3.99. The molecule has 0 bridgehead atoms. The molecule has 0 fully saturated rings. The Balaban J connectivity index is 1.25. The van der Waals surface area contributed by atoms with E-state index in [9.17, 15) is 4.79 Å². The number of allylic oxidation sites excluding steroid dienone is 1. The summed E-state index contributed by atoms with van der Waals surface area (Å²) in [4.78, 5) is 13.0. The minimum Gasteiger partial charge on any atom is -0.489 e. The van der Waals surface area contributed by atoms with Crippen molar-refractivity contribution >= 4 is 38.7 Å². The third-order valence-corrected chi connectivity index (χ3v) is 6.69. The molecular formula is C28H22BrNO5. The van der Waals surface area contributed by atoms with Crippen molar-refractivity contribution in [2.45, 2.75) is 26.7 Å². The van der Waals surface area contributed by atoms with E-state index in [1.54, 1.807) is 18.2 Å². The van der Waals surface area contributed by atoms with Crippen molar-refractivity contribution in [3.63, 3.8) is 0 Å². The number of aromatic nitrogens is 1. The lowest BCUT2D eigenvalue weighted by Gasteiger charge is -2.21. The summed E-state index contributed by atoms with van der Waals surface area (Å²) < 4.78 is 26.2. The fourth-order valence-electron chi connectivity index (χ4n) is 4.58. The third kappa shape index (κ3) is 4.00. The van der Waals surface area contributed by atoms with Gasteiger partial charge in [-0.05, 0) is 43.3 Å². The van der Waals surface area contributed by atoms with Gasteiger partial charge in [0.25, 0.3) is 0 Å². The number of carbonyl (C=O) groups excluding carboxylic acids is 1. The minimum atomic E-state index is -0.130. The van der Waals surface area contributed by atoms with E-state index in [1.807, 2.05) is 30.3 Å². The van der Waals surface area contributed by atoms with Crippen LogP contribution in [0.3, 0.4) is 0 Å². The first-order valence-electron chi connectivity index (χ1n) is 11.4. The van der Waals surface area contributed by atoms with E-state index in [2.05, 4.69) is 45.8 Å². The van der Waals surface area contributed by atoms with Gasteiger partial charge in [-0.2, -0.15) is 0 Å². The number of ketones is 1. The van der Waals surface area contributed by atoms with Crippen LogP contribution in [0.1, 0.15) is 34.0 Å². The molecule has 0 saturated carbocycles. The highest BCUT2D eigenvalue weighted by molar-refractivity contribution is 9.10. The number of rotatable bonds is 5. The Labute approximate surface area is 210 Å². The molecule has 0 spiro atoms. The van der Waals surface area contributed by atoms with Gasteiger partial charge in [-0.15, -0.1) is 0 Å². The Hall–Kier alpha value is -3.55. The molecular weight excluding hydrogens is 510 g/mol. The molecule has 1 aromatic heterocycles. The van der Waals surface area contributed by atoms with Crippen molar-refractivity contribution in [1.82, 2.24) is 4.57 Å². The Bertz CT molecular complexity index is 1500. The number of Topliss-reactive ketones (excluding diaryl/α,β-unsaturated/α-hetero) is 1. The molecule has 0 atom stereocenters. The molecule has 0 aliphatic carbocycles. The molecule has 0 saturated heterocycles. The lowest BCUT2D eigenvalue weighted by Crippen LogP contribution is -2.14. The van der Waals surface area contributed by atoms with Gasteiger partial charge < -0.3 is 23.5 Å². The largest absolute Gasteiger partial charge is 0.489 e. The van der Waals surface area contributed by atoms with Gasteiger partial charge in [0.2, 0.25) is 5.78 Å². The van der Waals surface area contributed by atoms with Gasteiger partial charge in [0, 0.05) is 50.9 Å². The highest BCUT2D eigenvalue weighted by Gasteiger charge is 2.28. The number of benzene rings is 3. The SMILES string of the molecule is CCn1cc(/C=C2\Oc3cc(OCc4cc(Br)cc5c4OCOC5)ccc3C2=O)c2ccccc21. The Morgan fingerprint density at radius 3 is 2.91 bits per heavy atom. The van der Waals surface area contributed by atoms with Crippen LogP contribution >= 0.6 is 15.9 Å². The summed E-state index contributed by atoms with van der Waals surface area (Å²) in [6, 6.07) is 17.4. The van der Waals surface area contributed by atoms with Crippen LogP contribution in [0.5, 0.6) is 17.2 Å². The number of hydrogen-bond donors (Lipinski definition) is 0. The monoisotopic (exact) mass is 531 g/mol. The molecule has 3 heterocycles. The van der Waals surface area contributed by atoms with Gasteiger partial charge in [0.05, 0.1) is 12.2 Å². The second-order valence-electron chi connectivity index (χ2n) is 8.44. The highest BCUT2D eigenvalue weighted by Crippen LogP contribution is 2.37. The number of aryl methyl sites for hydroxylation is 1. The van der Waals surface area contributed by atoms with Crippen LogP contribution in [0, 0.1) is 0 Å². The van der Waals surface area contributed by atoms with Crippen LogP contribution in [0.15, 0.2) is 71.0 Å². The molecule has 0 radical (unpaired) electrons. The molecule has 176 valence electrons. The van der Waals surface area contributed by atoms with E-state index in [1.165, 1.54) is 0 Å². The number of hydrogen-bond acceptors (Lipinski definition) is 5. The number of nitrogens with zero attached hydrogens (tertiary/aromatic N) is 1. The van der Waals surface area contributed by atoms with Gasteiger partial charge in [-0.3, -0.25) is 4.79 Å². The summed E-state index contributed by atoms with van der Waals surface area (Å²) in [7, 11) is 0. The lowest BCUT2D eigenvalue weighted by atomic mass is 10.1. The third-order valence-electron chi connectivity index (χ3n) is 6.23. The number of ether oxygens (including phenoxy) is 4. The van der Waals surface area contributed by atoms with Crippen LogP contribution in [0.2, 0.25) is 0 Å². The highest BCUT2D eigenvalue weighted by atomic mass is 79.9. The van der Waals surface area contributed by atoms with Crippen LogP contribution in [-0.2, 0) is 24.5 Å². The Kier molecular flexibility index (Phi) is 5.59. The summed E-state index contributed by atoms with van der Waals surface area (Å²) in [5, 5.41) is 1.09. The zero-order valence-corrected chi connectivity index (χ0v) is 20.6. The maximum atomic E-state index is 13.0. The molecule has 2 aliphatic rings. The second kappa shape index (κ2) is 8.91. The average Bonchev–Trinajstić information content (AvgIpc) is 3.39. The van der Waals surface area contributed by atoms with E-state index >= 15 is 0 Å². The minimum absolute atomic E-state index is 0.130. The summed E-state index contributed by atoms with van der Waals surface area (Å²) in [6.07, 6.45) is 3.88. The molecule has 2 aliphatic heterocycles. The number of halogens is 1. The van der Waals surface area contributed by atoms with Crippen molar-refractivity contribution in [2.75, 3.05) is 6.79 Å². The number of fused-ring (bicyclic) bond motifs is 3. The predicted octanol–water partition coefficient (Wildman–Crippen LogP) is 6.49. The van der Waals surface area contributed by atoms with Gasteiger partial charge in [-0.25, -0.2) is 0 Å². The van der Waals surface area contributed by atoms with Crippen molar-refractivity contribution < 1.29 is 23.7 Å². The Morgan fingerprint density at radius 2 is 2.03 bits per heavy atom. The molecule has 4 aromatic rings. The molecule has 3 aromatic carbocycles. The molecule has 0 unspecified atom stereocenters. The topological polar surface area (TPSA) is 58.9 Å². The number of carbonyl (C=O) groups is 1. The van der Waals surface area contributed by atoms with Crippen molar-refractivity contribution in [1.29, 1.82) is 0 Å². The smallest absolute Gasteiger partial charge is 0.231 e. The van der Waals surface area contributed by atoms with Crippen LogP contribution < -0.4 is 14.2 Å². The molecule has 35 heavy (non-hydrogen) atoms. The van der Waals surface area contributed by atoms with Crippen LogP contribution in [0.4, 0.5) is 0 Å². The summed E-state index contributed by atoms with van der Waals surface area (Å²) in [5.74, 6) is 2.09. The van der Waals surface area contributed by atoms with E-state index in [4.69, 9.17) is 18.9 Å². The van der Waals surface area contributed by atoms with Gasteiger partial charge >= 0.3 is 0 Å². The van der Waals surface area contributed by atoms with Crippen LogP contribution in [-0.4, -0.2) is 17.1 Å². The average molecular weight is 532 g/mol. The first kappa shape index (κ1) is 21.9. The molecule has 6 nitrogen and oxygen atoms in total. The van der Waals surface area contributed by atoms with Gasteiger partial charge in [0.1, 0.15) is 23.9 Å². The van der Waals surface area contributed by atoms with E-state index in [0.717, 1.165) is 44.4 Å². The fourth-order valence-corrected chi connectivity index (χ4v) is 5.13. The molecule has 7 heteroatoms. The lowest BCUT2D eigenvalue weighted by molar-refractivity contribution is -0.0176. The predicted molar refractivity (Wildman–Crippen MR) is 136 cm³/mol. The first-order chi connectivity index (χ1) is 17.1. The normalized spacial score (nSPS) is 15.6. The molecule has 6 rings (SSSR count). The fraction of sp³-hybridized carbons (Fsp3) is 0.179. The standard InChI is InChI=1S/C28H22BrNO5/c1-2-30-13-17(22-5-3-4-6-24(22)30)11-26-27(31)23-8-7-21(12-25(23)35-26)33-15-19-10-20(29)9-18-14-32-16-34-28(18)19/h3-13H,2,14-16H2,1H3/b26-11-. The molecule has 0 N–H and O–H groups in total. The van der Waals surface area contributed by atoms with E-state index in [0.29, 0.717) is 36.0 Å². The van der Waals surface area contributed by atoms with Crippen molar-refractivity contribution in [3.8, 4) is 17.2 Å². The maximum Gasteiger partial charge on any atom is 0.231 e. The molecule has 0 amide bonds. The summed E-state index contributed by atoms with van der Waals surface area (Å²) >= 11 is 3.54. The Morgan fingerprint density at radius 1 is 1.14 bits per heavy atom.